The van der Waals surface area contributed by atoms with E-state index in [0.29, 0.717) is 11.7 Å². The molecular weight excluding hydrogens is 244 g/mol. The molecule has 94 valence electrons. The molecule has 0 atom stereocenters. The highest BCUT2D eigenvalue weighted by molar-refractivity contribution is 7.80. The lowest BCUT2D eigenvalue weighted by Gasteiger charge is -2.09. The zero-order chi connectivity index (χ0) is 12.8. The highest BCUT2D eigenvalue weighted by Gasteiger charge is 1.99. The number of nitrogens with zero attached hydrogens (tertiary/aromatic N) is 2. The SMILES string of the molecule is CCn1cc(CNC(=S)Nc2ccccc2)cn1. The van der Waals surface area contributed by atoms with Gasteiger partial charge < -0.3 is 10.6 Å². The van der Waals surface area contributed by atoms with Crippen molar-refractivity contribution in [1.29, 1.82) is 0 Å². The Morgan fingerprint density at radius 2 is 2.11 bits per heavy atom. The van der Waals surface area contributed by atoms with Crippen molar-refractivity contribution in [2.75, 3.05) is 5.32 Å². The first kappa shape index (κ1) is 12.6. The standard InChI is InChI=1S/C13H16N4S/c1-2-17-10-11(9-15-17)8-14-13(18)16-12-6-4-3-5-7-12/h3-7,9-10H,2,8H2,1H3,(H2,14,16,18). The van der Waals surface area contributed by atoms with Crippen molar-refractivity contribution in [1.82, 2.24) is 15.1 Å². The van der Waals surface area contributed by atoms with E-state index < -0.39 is 0 Å². The van der Waals surface area contributed by atoms with Crippen LogP contribution in [0.4, 0.5) is 5.69 Å². The largest absolute Gasteiger partial charge is 0.358 e. The normalized spacial score (nSPS) is 10.1. The van der Waals surface area contributed by atoms with E-state index in [1.54, 1.807) is 0 Å². The lowest BCUT2D eigenvalue weighted by Crippen LogP contribution is -2.27. The van der Waals surface area contributed by atoms with Gasteiger partial charge in [-0.3, -0.25) is 4.68 Å². The average Bonchev–Trinajstić information content (AvgIpc) is 2.85. The number of rotatable bonds is 4. The molecule has 1 heterocycles. The Morgan fingerprint density at radius 1 is 1.33 bits per heavy atom. The van der Waals surface area contributed by atoms with E-state index in [0.717, 1.165) is 17.8 Å². The molecule has 0 aliphatic heterocycles. The fourth-order valence-electron chi connectivity index (χ4n) is 1.55. The highest BCUT2D eigenvalue weighted by atomic mass is 32.1. The van der Waals surface area contributed by atoms with Crippen molar-refractivity contribution >= 4 is 23.0 Å². The molecule has 0 aliphatic rings. The van der Waals surface area contributed by atoms with Crippen molar-refractivity contribution in [2.45, 2.75) is 20.0 Å². The predicted molar refractivity (Wildman–Crippen MR) is 77.4 cm³/mol. The quantitative estimate of drug-likeness (QED) is 0.828. The summed E-state index contributed by atoms with van der Waals surface area (Å²) >= 11 is 5.22. The number of aromatic nitrogens is 2. The topological polar surface area (TPSA) is 41.9 Å². The van der Waals surface area contributed by atoms with Crippen LogP contribution < -0.4 is 10.6 Å². The maximum atomic E-state index is 5.22. The summed E-state index contributed by atoms with van der Waals surface area (Å²) < 4.78 is 1.89. The number of hydrogen-bond acceptors (Lipinski definition) is 2. The van der Waals surface area contributed by atoms with Crippen molar-refractivity contribution in [3.05, 3.63) is 48.3 Å². The second kappa shape index (κ2) is 6.16. The third kappa shape index (κ3) is 3.56. The second-order valence-electron chi connectivity index (χ2n) is 3.88. The van der Waals surface area contributed by atoms with E-state index in [1.165, 1.54) is 0 Å². The molecule has 0 spiro atoms. The van der Waals surface area contributed by atoms with Gasteiger partial charge in [0.2, 0.25) is 0 Å². The number of benzene rings is 1. The molecular formula is C13H16N4S. The van der Waals surface area contributed by atoms with Gasteiger partial charge in [0.05, 0.1) is 6.20 Å². The molecule has 0 saturated carbocycles. The molecule has 1 aromatic heterocycles. The van der Waals surface area contributed by atoms with Gasteiger partial charge in [0.15, 0.2) is 5.11 Å². The minimum Gasteiger partial charge on any atom is -0.358 e. The third-order valence-corrected chi connectivity index (χ3v) is 2.74. The van der Waals surface area contributed by atoms with Crippen LogP contribution in [0.3, 0.4) is 0 Å². The monoisotopic (exact) mass is 260 g/mol. The molecule has 0 bridgehead atoms. The van der Waals surface area contributed by atoms with Gasteiger partial charge in [-0.2, -0.15) is 5.10 Å². The van der Waals surface area contributed by atoms with Crippen LogP contribution in [0.15, 0.2) is 42.7 Å². The first-order valence-electron chi connectivity index (χ1n) is 5.89. The Morgan fingerprint density at radius 3 is 2.78 bits per heavy atom. The van der Waals surface area contributed by atoms with E-state index in [1.807, 2.05) is 47.4 Å². The highest BCUT2D eigenvalue weighted by Crippen LogP contribution is 2.04. The van der Waals surface area contributed by atoms with E-state index >= 15 is 0 Å². The van der Waals surface area contributed by atoms with Gasteiger partial charge >= 0.3 is 0 Å². The van der Waals surface area contributed by atoms with E-state index in [2.05, 4.69) is 22.7 Å². The summed E-state index contributed by atoms with van der Waals surface area (Å²) in [5, 5.41) is 11.1. The Bertz CT molecular complexity index is 507. The maximum Gasteiger partial charge on any atom is 0.171 e. The summed E-state index contributed by atoms with van der Waals surface area (Å²) in [5.41, 5.74) is 2.10. The Hall–Kier alpha value is -1.88. The number of anilines is 1. The summed E-state index contributed by atoms with van der Waals surface area (Å²) in [6.45, 7) is 3.62. The van der Waals surface area contributed by atoms with Crippen LogP contribution >= 0.6 is 12.2 Å². The summed E-state index contributed by atoms with van der Waals surface area (Å²) in [4.78, 5) is 0. The second-order valence-corrected chi connectivity index (χ2v) is 4.29. The zero-order valence-corrected chi connectivity index (χ0v) is 11.1. The molecule has 18 heavy (non-hydrogen) atoms. The van der Waals surface area contributed by atoms with Crippen LogP contribution in [-0.2, 0) is 13.1 Å². The fraction of sp³-hybridized carbons (Fsp3) is 0.231. The first-order chi connectivity index (χ1) is 8.78. The first-order valence-corrected chi connectivity index (χ1v) is 6.30. The van der Waals surface area contributed by atoms with Crippen molar-refractivity contribution in [2.24, 2.45) is 0 Å². The number of nitrogens with one attached hydrogen (secondary N) is 2. The number of thiocarbonyl (C=S) groups is 1. The number of para-hydroxylation sites is 1. The average molecular weight is 260 g/mol. The van der Waals surface area contributed by atoms with Gasteiger partial charge in [-0.05, 0) is 31.3 Å². The smallest absolute Gasteiger partial charge is 0.171 e. The zero-order valence-electron chi connectivity index (χ0n) is 10.3. The van der Waals surface area contributed by atoms with Crippen LogP contribution in [0.5, 0.6) is 0 Å². The maximum absolute atomic E-state index is 5.22. The van der Waals surface area contributed by atoms with Crippen molar-refractivity contribution in [3.8, 4) is 0 Å². The predicted octanol–water partition coefficient (Wildman–Crippen LogP) is 2.39. The van der Waals surface area contributed by atoms with E-state index in [-0.39, 0.29) is 0 Å². The molecule has 0 fully saturated rings. The lowest BCUT2D eigenvalue weighted by molar-refractivity contribution is 0.659. The van der Waals surface area contributed by atoms with Gasteiger partial charge in [0.1, 0.15) is 0 Å². The van der Waals surface area contributed by atoms with Gasteiger partial charge in [0, 0.05) is 30.5 Å². The summed E-state index contributed by atoms with van der Waals surface area (Å²) in [6, 6.07) is 9.86. The summed E-state index contributed by atoms with van der Waals surface area (Å²) in [5.74, 6) is 0. The van der Waals surface area contributed by atoms with Crippen LogP contribution in [0, 0.1) is 0 Å². The van der Waals surface area contributed by atoms with E-state index in [9.17, 15) is 0 Å². The minimum absolute atomic E-state index is 0.616. The Kier molecular flexibility index (Phi) is 4.30. The Labute approximate surface area is 112 Å². The number of hydrogen-bond donors (Lipinski definition) is 2. The summed E-state index contributed by atoms with van der Waals surface area (Å²) in [7, 11) is 0. The molecule has 0 aliphatic carbocycles. The minimum atomic E-state index is 0.616. The van der Waals surface area contributed by atoms with Crippen LogP contribution in [0.2, 0.25) is 0 Å². The van der Waals surface area contributed by atoms with Crippen LogP contribution in [0.1, 0.15) is 12.5 Å². The van der Waals surface area contributed by atoms with Crippen LogP contribution in [-0.4, -0.2) is 14.9 Å². The molecule has 2 N–H and O–H groups in total. The molecule has 4 nitrogen and oxygen atoms in total. The third-order valence-electron chi connectivity index (χ3n) is 2.50. The molecule has 2 aromatic rings. The molecule has 0 saturated heterocycles. The molecule has 2 rings (SSSR count). The van der Waals surface area contributed by atoms with E-state index in [4.69, 9.17) is 12.2 Å². The van der Waals surface area contributed by atoms with Crippen molar-refractivity contribution < 1.29 is 0 Å². The molecule has 0 unspecified atom stereocenters. The fourth-order valence-corrected chi connectivity index (χ4v) is 1.74. The molecule has 1 aromatic carbocycles. The Balaban J connectivity index is 1.81. The van der Waals surface area contributed by atoms with Gasteiger partial charge in [-0.15, -0.1) is 0 Å². The van der Waals surface area contributed by atoms with Gasteiger partial charge in [0.25, 0.3) is 0 Å². The summed E-state index contributed by atoms with van der Waals surface area (Å²) in [6.07, 6.45) is 3.86. The molecule has 0 radical (unpaired) electrons. The number of aryl methyl sites for hydroxylation is 1. The van der Waals surface area contributed by atoms with Crippen molar-refractivity contribution in [3.63, 3.8) is 0 Å². The lowest BCUT2D eigenvalue weighted by atomic mass is 10.3. The molecule has 5 heteroatoms. The van der Waals surface area contributed by atoms with Crippen LogP contribution in [0.25, 0.3) is 0 Å². The molecule has 0 amide bonds. The van der Waals surface area contributed by atoms with Gasteiger partial charge in [-0.1, -0.05) is 18.2 Å². The van der Waals surface area contributed by atoms with Gasteiger partial charge in [-0.25, -0.2) is 0 Å².